The molecule has 0 radical (unpaired) electrons. The average molecular weight is 700 g/mol. The zero-order valence-electron chi connectivity index (χ0n) is 28.2. The van der Waals surface area contributed by atoms with Gasteiger partial charge in [-0.25, -0.2) is 13.1 Å². The lowest BCUT2D eigenvalue weighted by Crippen LogP contribution is -2.45. The van der Waals surface area contributed by atoms with E-state index in [4.69, 9.17) is 25.8 Å². The Morgan fingerprint density at radius 1 is 1.02 bits per heavy atom. The maximum absolute atomic E-state index is 13.5. The van der Waals surface area contributed by atoms with Crippen molar-refractivity contribution < 1.29 is 27.4 Å². The number of ether oxygens (including phenoxy) is 3. The molecule has 2 fully saturated rings. The van der Waals surface area contributed by atoms with Gasteiger partial charge in [0, 0.05) is 43.3 Å². The van der Waals surface area contributed by atoms with Crippen LogP contribution in [0.5, 0.6) is 5.75 Å². The van der Waals surface area contributed by atoms with E-state index in [0.717, 1.165) is 94.3 Å². The number of sulfonamides is 1. The number of benzene rings is 2. The molecule has 2 aromatic rings. The summed E-state index contributed by atoms with van der Waals surface area (Å²) in [5, 5.41) is -0.0411. The zero-order valence-corrected chi connectivity index (χ0v) is 29.8. The number of amides is 1. The van der Waals surface area contributed by atoms with Crippen molar-refractivity contribution in [2.45, 2.75) is 70.3 Å². The lowest BCUT2D eigenvalue weighted by Gasteiger charge is -2.44. The number of carbonyl (C=O) groups is 1. The fourth-order valence-corrected chi connectivity index (χ4v) is 8.77. The molecule has 2 aromatic carbocycles. The minimum absolute atomic E-state index is 0.0539. The molecule has 5 atom stereocenters. The van der Waals surface area contributed by atoms with Gasteiger partial charge in [-0.3, -0.25) is 9.69 Å². The quantitative estimate of drug-likeness (QED) is 0.398. The van der Waals surface area contributed by atoms with Crippen LogP contribution in [0, 0.1) is 17.8 Å². The summed E-state index contributed by atoms with van der Waals surface area (Å²) in [5.74, 6) is 0.605. The van der Waals surface area contributed by atoms with Crippen LogP contribution >= 0.6 is 11.6 Å². The number of hydrogen-bond acceptors (Lipinski definition) is 8. The monoisotopic (exact) mass is 699 g/mol. The van der Waals surface area contributed by atoms with Gasteiger partial charge >= 0.3 is 0 Å². The van der Waals surface area contributed by atoms with Gasteiger partial charge in [-0.05, 0) is 105 Å². The van der Waals surface area contributed by atoms with Crippen LogP contribution in [0.1, 0.15) is 67.4 Å². The number of fused-ring (bicyclic) bond motifs is 3. The van der Waals surface area contributed by atoms with Gasteiger partial charge in [-0.2, -0.15) is 0 Å². The Kier molecular flexibility index (Phi) is 11.7. The molecule has 48 heavy (non-hydrogen) atoms. The van der Waals surface area contributed by atoms with Crippen LogP contribution < -0.4 is 14.4 Å². The van der Waals surface area contributed by atoms with Crippen molar-refractivity contribution in [3.63, 3.8) is 0 Å². The van der Waals surface area contributed by atoms with Crippen LogP contribution in [-0.4, -0.2) is 83.1 Å². The highest BCUT2D eigenvalue weighted by atomic mass is 35.5. The van der Waals surface area contributed by atoms with Crippen molar-refractivity contribution in [2.24, 2.45) is 17.8 Å². The summed E-state index contributed by atoms with van der Waals surface area (Å²) >= 11 is 6.36. The lowest BCUT2D eigenvalue weighted by atomic mass is 9.70. The topological polar surface area (TPSA) is 97.4 Å². The summed E-state index contributed by atoms with van der Waals surface area (Å²) in [4.78, 5) is 18.2. The fraction of sp³-hybridized carbons (Fsp3) is 0.595. The number of allylic oxidation sites excluding steroid dienone is 1. The normalized spacial score (nSPS) is 29.2. The summed E-state index contributed by atoms with van der Waals surface area (Å²) in [6.07, 6.45) is 9.79. The maximum Gasteiger partial charge on any atom is 0.264 e. The minimum atomic E-state index is -3.92. The molecule has 4 aliphatic rings. The number of halogens is 1. The van der Waals surface area contributed by atoms with Crippen molar-refractivity contribution in [1.82, 2.24) is 9.62 Å². The van der Waals surface area contributed by atoms with Crippen molar-refractivity contribution in [3.05, 3.63) is 70.3 Å². The highest BCUT2D eigenvalue weighted by molar-refractivity contribution is 7.90. The van der Waals surface area contributed by atoms with Crippen LogP contribution in [0.4, 0.5) is 5.69 Å². The van der Waals surface area contributed by atoms with Gasteiger partial charge in [-0.1, -0.05) is 36.7 Å². The van der Waals surface area contributed by atoms with Gasteiger partial charge in [0.15, 0.2) is 0 Å². The van der Waals surface area contributed by atoms with Crippen LogP contribution in [0.3, 0.4) is 0 Å². The van der Waals surface area contributed by atoms with Crippen LogP contribution in [0.15, 0.2) is 48.6 Å². The van der Waals surface area contributed by atoms with E-state index in [0.29, 0.717) is 42.8 Å². The van der Waals surface area contributed by atoms with E-state index in [2.05, 4.69) is 26.7 Å². The van der Waals surface area contributed by atoms with Crippen molar-refractivity contribution >= 4 is 33.2 Å². The third-order valence-electron chi connectivity index (χ3n) is 10.8. The predicted octanol–water partition coefficient (Wildman–Crippen LogP) is 5.85. The first-order chi connectivity index (χ1) is 23.2. The average Bonchev–Trinajstić information content (AvgIpc) is 3.09. The lowest BCUT2D eigenvalue weighted by molar-refractivity contribution is -0.0314. The van der Waals surface area contributed by atoms with Crippen LogP contribution in [0.25, 0.3) is 0 Å². The molecule has 1 saturated heterocycles. The Morgan fingerprint density at radius 3 is 2.65 bits per heavy atom. The van der Waals surface area contributed by atoms with Gasteiger partial charge in [0.25, 0.3) is 5.91 Å². The largest absolute Gasteiger partial charge is 0.487 e. The standard InChI is InChI=1S/C37H50ClN3O6S/c1-26-6-5-8-35(46-21-18-40-16-19-45-20-17-40)33-13-10-30(33)24-41-15-4-3-7-28-22-32(38)12-9-31(28)25-47-36-14-11-29(23-34(36)41)37(42)39-48(43,44)27(26)2/h5,8-9,11-12,14,22-23,26-27,30,33,35H,3-4,6-7,10,13,15-21,24-25H2,1-2H3,(H,39,42)/b8-5+. The van der Waals surface area contributed by atoms with Crippen LogP contribution in [-0.2, 0) is 32.5 Å². The first-order valence-corrected chi connectivity index (χ1v) is 19.5. The number of nitrogens with one attached hydrogen (secondary N) is 1. The minimum Gasteiger partial charge on any atom is -0.487 e. The summed E-state index contributed by atoms with van der Waals surface area (Å²) in [5.41, 5.74) is 3.40. The van der Waals surface area contributed by atoms with Crippen molar-refractivity contribution in [1.29, 1.82) is 0 Å². The fourth-order valence-electron chi connectivity index (χ4n) is 7.29. The molecule has 5 unspecified atom stereocenters. The van der Waals surface area contributed by atoms with E-state index in [-0.39, 0.29) is 12.0 Å². The van der Waals surface area contributed by atoms with Gasteiger partial charge in [0.1, 0.15) is 12.4 Å². The molecule has 0 aromatic heterocycles. The van der Waals surface area contributed by atoms with Crippen molar-refractivity contribution in [2.75, 3.05) is 57.4 Å². The third-order valence-corrected chi connectivity index (χ3v) is 12.9. The number of hydrogen-bond donors (Lipinski definition) is 1. The van der Waals surface area contributed by atoms with E-state index in [9.17, 15) is 13.2 Å². The van der Waals surface area contributed by atoms with Gasteiger partial charge in [0.05, 0.1) is 36.9 Å². The highest BCUT2D eigenvalue weighted by Gasteiger charge is 2.38. The second-order valence-corrected chi connectivity index (χ2v) is 16.4. The van der Waals surface area contributed by atoms with Gasteiger partial charge < -0.3 is 19.1 Å². The van der Waals surface area contributed by atoms with E-state index in [1.54, 1.807) is 13.0 Å². The first-order valence-electron chi connectivity index (χ1n) is 17.6. The summed E-state index contributed by atoms with van der Waals surface area (Å²) < 4.78 is 47.8. The van der Waals surface area contributed by atoms with E-state index >= 15 is 0 Å². The van der Waals surface area contributed by atoms with Gasteiger partial charge in [-0.15, -0.1) is 0 Å². The molecule has 2 bridgehead atoms. The summed E-state index contributed by atoms with van der Waals surface area (Å²) in [7, 11) is -3.92. The van der Waals surface area contributed by atoms with E-state index in [1.165, 1.54) is 5.56 Å². The second kappa shape index (κ2) is 15.9. The number of nitrogens with zero attached hydrogens (tertiary/aromatic N) is 2. The summed E-state index contributed by atoms with van der Waals surface area (Å²) in [6, 6.07) is 11.2. The smallest absolute Gasteiger partial charge is 0.264 e. The molecule has 1 saturated carbocycles. The molecular weight excluding hydrogens is 650 g/mol. The Hall–Kier alpha value is -2.63. The molecular formula is C37H50ClN3O6S. The Bertz CT molecular complexity index is 1560. The number of rotatable bonds is 4. The SMILES string of the molecule is CC1C/C=C/C(OCCN2CCOCC2)C2CCC2CN2CCCCc3cc(Cl)ccc3COc3ccc(cc32)C(=O)NS(=O)(=O)C1C. The number of anilines is 1. The zero-order chi connectivity index (χ0) is 33.7. The Morgan fingerprint density at radius 2 is 1.85 bits per heavy atom. The molecule has 1 amide bonds. The van der Waals surface area contributed by atoms with E-state index < -0.39 is 21.2 Å². The van der Waals surface area contributed by atoms with Crippen molar-refractivity contribution in [3.8, 4) is 5.75 Å². The molecule has 6 rings (SSSR count). The molecule has 11 heteroatoms. The second-order valence-electron chi connectivity index (χ2n) is 13.9. The maximum atomic E-state index is 13.5. The number of aryl methyl sites for hydroxylation is 1. The molecule has 0 spiro atoms. The molecule has 3 aliphatic heterocycles. The number of morpholine rings is 1. The highest BCUT2D eigenvalue weighted by Crippen LogP contribution is 2.42. The van der Waals surface area contributed by atoms with Gasteiger partial charge in [0.2, 0.25) is 10.0 Å². The molecule has 1 N–H and O–H groups in total. The van der Waals surface area contributed by atoms with E-state index in [1.807, 2.05) is 37.3 Å². The predicted molar refractivity (Wildman–Crippen MR) is 189 cm³/mol. The third kappa shape index (κ3) is 8.56. The molecule has 262 valence electrons. The molecule has 3 heterocycles. The van der Waals surface area contributed by atoms with Crippen LogP contribution in [0.2, 0.25) is 5.02 Å². The molecule has 9 nitrogen and oxygen atoms in total. The summed E-state index contributed by atoms with van der Waals surface area (Å²) in [6.45, 7) is 10.4. The molecule has 1 aliphatic carbocycles. The Balaban J connectivity index is 1.31. The Labute approximate surface area is 291 Å². The number of carbonyl (C=O) groups excluding carboxylic acids is 1. The first kappa shape index (κ1) is 35.2.